The molecule has 8 nitrogen and oxygen atoms in total. The van der Waals surface area contributed by atoms with Gasteiger partial charge in [-0.2, -0.15) is 0 Å². The van der Waals surface area contributed by atoms with Crippen LogP contribution in [0.15, 0.2) is 24.3 Å². The second-order valence-corrected chi connectivity index (χ2v) is 6.10. The van der Waals surface area contributed by atoms with Gasteiger partial charge in [0.2, 0.25) is 17.7 Å². The Morgan fingerprint density at radius 2 is 1.68 bits per heavy atom. The maximum absolute atomic E-state index is 13.0. The van der Waals surface area contributed by atoms with E-state index in [2.05, 4.69) is 5.43 Å². The van der Waals surface area contributed by atoms with Crippen LogP contribution in [0, 0.1) is 17.7 Å². The lowest BCUT2D eigenvalue weighted by Gasteiger charge is -2.20. The predicted octanol–water partition coefficient (Wildman–Crippen LogP) is 0.143. The summed E-state index contributed by atoms with van der Waals surface area (Å²) in [4.78, 5) is 48.5. The van der Waals surface area contributed by atoms with Crippen LogP contribution < -0.4 is 10.3 Å². The fourth-order valence-corrected chi connectivity index (χ4v) is 2.96. The normalized spacial score (nSPS) is 23.2. The Bertz CT molecular complexity index is 736. The number of halogens is 1. The number of carboxylic acid groups (broad SMARTS) is 1. The number of benzene rings is 1. The summed E-state index contributed by atoms with van der Waals surface area (Å²) in [5.41, 5.74) is 2.89. The maximum atomic E-state index is 13.0. The highest BCUT2D eigenvalue weighted by molar-refractivity contribution is 6.00. The molecule has 2 unspecified atom stereocenters. The van der Waals surface area contributed by atoms with Gasteiger partial charge < -0.3 is 10.0 Å². The highest BCUT2D eigenvalue weighted by Gasteiger charge is 2.39. The van der Waals surface area contributed by atoms with Crippen molar-refractivity contribution in [1.29, 1.82) is 0 Å². The van der Waals surface area contributed by atoms with Crippen molar-refractivity contribution in [3.8, 4) is 0 Å². The molecule has 2 N–H and O–H groups in total. The quantitative estimate of drug-likeness (QED) is 0.804. The molecular formula is C16H16FN3O5. The van der Waals surface area contributed by atoms with Gasteiger partial charge in [0.25, 0.3) is 0 Å². The van der Waals surface area contributed by atoms with E-state index in [1.54, 1.807) is 0 Å². The molecule has 0 bridgehead atoms. The lowest BCUT2D eigenvalue weighted by Crippen LogP contribution is -2.46. The van der Waals surface area contributed by atoms with E-state index >= 15 is 0 Å². The highest BCUT2D eigenvalue weighted by atomic mass is 19.1. The Morgan fingerprint density at radius 3 is 2.28 bits per heavy atom. The van der Waals surface area contributed by atoms with Gasteiger partial charge in [0.05, 0.1) is 18.4 Å². The summed E-state index contributed by atoms with van der Waals surface area (Å²) >= 11 is 0. The van der Waals surface area contributed by atoms with Crippen molar-refractivity contribution >= 4 is 29.4 Å². The Hall–Kier alpha value is -2.97. The summed E-state index contributed by atoms with van der Waals surface area (Å²) in [6, 6.07) is 5.36. The molecule has 0 spiro atoms. The SMILES string of the molecule is O=C(O)C1CC(=O)N(NC(=O)C2CC(=O)N(c3ccc(F)cc3)C2)C1. The number of carboxylic acids is 1. The second-order valence-electron chi connectivity index (χ2n) is 6.10. The topological polar surface area (TPSA) is 107 Å². The van der Waals surface area contributed by atoms with E-state index in [-0.39, 0.29) is 31.8 Å². The number of carbonyl (C=O) groups excluding carboxylic acids is 3. The van der Waals surface area contributed by atoms with E-state index in [0.29, 0.717) is 5.69 Å². The first-order valence-corrected chi connectivity index (χ1v) is 7.74. The molecule has 1 aromatic rings. The zero-order valence-electron chi connectivity index (χ0n) is 13.1. The van der Waals surface area contributed by atoms with Crippen molar-refractivity contribution in [2.24, 2.45) is 11.8 Å². The number of hydrogen-bond acceptors (Lipinski definition) is 4. The summed E-state index contributed by atoms with van der Waals surface area (Å²) in [6.07, 6.45) is -0.200. The molecule has 2 aliphatic heterocycles. The zero-order valence-corrected chi connectivity index (χ0v) is 13.1. The molecule has 2 saturated heterocycles. The highest BCUT2D eigenvalue weighted by Crippen LogP contribution is 2.26. The average molecular weight is 349 g/mol. The largest absolute Gasteiger partial charge is 0.481 e. The standard InChI is InChI=1S/C16H16FN3O5/c17-11-1-3-12(4-2-11)19-7-9(5-13(19)21)15(23)18-20-8-10(16(24)25)6-14(20)22/h1-4,9-10H,5-8H2,(H,18,23)(H,24,25). The molecule has 2 fully saturated rings. The molecule has 0 radical (unpaired) electrons. The van der Waals surface area contributed by atoms with Gasteiger partial charge in [0.15, 0.2) is 0 Å². The number of anilines is 1. The Morgan fingerprint density at radius 1 is 1.04 bits per heavy atom. The molecule has 3 rings (SSSR count). The van der Waals surface area contributed by atoms with Crippen LogP contribution in [0.2, 0.25) is 0 Å². The van der Waals surface area contributed by atoms with Crippen LogP contribution in [-0.4, -0.2) is 46.9 Å². The van der Waals surface area contributed by atoms with E-state index in [9.17, 15) is 23.6 Å². The van der Waals surface area contributed by atoms with Crippen molar-refractivity contribution in [2.75, 3.05) is 18.0 Å². The minimum Gasteiger partial charge on any atom is -0.481 e. The summed E-state index contributed by atoms with van der Waals surface area (Å²) in [7, 11) is 0. The Kier molecular flexibility index (Phi) is 4.39. The van der Waals surface area contributed by atoms with Gasteiger partial charge in [-0.15, -0.1) is 0 Å². The van der Waals surface area contributed by atoms with Crippen LogP contribution in [0.4, 0.5) is 10.1 Å². The van der Waals surface area contributed by atoms with Crippen LogP contribution in [0.5, 0.6) is 0 Å². The summed E-state index contributed by atoms with van der Waals surface area (Å²) in [5.74, 6) is -4.31. The molecule has 0 aromatic heterocycles. The molecule has 2 aliphatic rings. The summed E-state index contributed by atoms with van der Waals surface area (Å²) in [6.45, 7) is 0.0168. The van der Waals surface area contributed by atoms with Crippen LogP contribution in [0.1, 0.15) is 12.8 Å². The number of amides is 3. The number of hydrogen-bond donors (Lipinski definition) is 2. The average Bonchev–Trinajstić information content (AvgIpc) is 3.12. The van der Waals surface area contributed by atoms with E-state index in [4.69, 9.17) is 5.11 Å². The molecule has 25 heavy (non-hydrogen) atoms. The molecule has 2 atom stereocenters. The number of hydrazine groups is 1. The second kappa shape index (κ2) is 6.50. The number of rotatable bonds is 4. The Labute approximate surface area is 142 Å². The molecule has 2 heterocycles. The number of nitrogens with zero attached hydrogens (tertiary/aromatic N) is 2. The third-order valence-electron chi connectivity index (χ3n) is 4.35. The van der Waals surface area contributed by atoms with Crippen LogP contribution in [0.25, 0.3) is 0 Å². The lowest BCUT2D eigenvalue weighted by molar-refractivity contribution is -0.141. The van der Waals surface area contributed by atoms with Gasteiger partial charge in [-0.25, -0.2) is 4.39 Å². The fourth-order valence-electron chi connectivity index (χ4n) is 2.96. The fraction of sp³-hybridized carbons (Fsp3) is 0.375. The van der Waals surface area contributed by atoms with E-state index in [1.165, 1.54) is 29.2 Å². The van der Waals surface area contributed by atoms with Gasteiger partial charge in [-0.3, -0.25) is 29.6 Å². The molecule has 9 heteroatoms. The van der Waals surface area contributed by atoms with Crippen molar-refractivity contribution in [3.63, 3.8) is 0 Å². The van der Waals surface area contributed by atoms with Gasteiger partial charge in [-0.1, -0.05) is 0 Å². The molecule has 132 valence electrons. The predicted molar refractivity (Wildman–Crippen MR) is 82.5 cm³/mol. The first-order chi connectivity index (χ1) is 11.8. The van der Waals surface area contributed by atoms with Crippen LogP contribution in [0.3, 0.4) is 0 Å². The van der Waals surface area contributed by atoms with E-state index < -0.39 is 35.4 Å². The van der Waals surface area contributed by atoms with Gasteiger partial charge in [0.1, 0.15) is 5.82 Å². The lowest BCUT2D eigenvalue weighted by atomic mass is 10.1. The first-order valence-electron chi connectivity index (χ1n) is 7.74. The number of carbonyl (C=O) groups is 4. The van der Waals surface area contributed by atoms with Crippen molar-refractivity contribution in [2.45, 2.75) is 12.8 Å². The van der Waals surface area contributed by atoms with Gasteiger partial charge in [0, 0.05) is 25.1 Å². The molecular weight excluding hydrogens is 333 g/mol. The first kappa shape index (κ1) is 16.9. The maximum Gasteiger partial charge on any atom is 0.308 e. The van der Waals surface area contributed by atoms with Crippen molar-refractivity contribution in [3.05, 3.63) is 30.1 Å². The minimum atomic E-state index is -1.09. The summed E-state index contributed by atoms with van der Waals surface area (Å²) < 4.78 is 13.0. The van der Waals surface area contributed by atoms with Crippen LogP contribution in [-0.2, 0) is 19.2 Å². The van der Waals surface area contributed by atoms with Crippen molar-refractivity contribution < 1.29 is 28.7 Å². The number of aliphatic carboxylic acids is 1. The molecule has 3 amide bonds. The third kappa shape index (κ3) is 3.44. The van der Waals surface area contributed by atoms with Gasteiger partial charge in [-0.05, 0) is 24.3 Å². The van der Waals surface area contributed by atoms with E-state index in [1.807, 2.05) is 0 Å². The summed E-state index contributed by atoms with van der Waals surface area (Å²) in [5, 5.41) is 9.93. The molecule has 0 saturated carbocycles. The molecule has 1 aromatic carbocycles. The van der Waals surface area contributed by atoms with Crippen molar-refractivity contribution in [1.82, 2.24) is 10.4 Å². The van der Waals surface area contributed by atoms with Crippen LogP contribution >= 0.6 is 0 Å². The minimum absolute atomic E-state index is 0.0341. The smallest absolute Gasteiger partial charge is 0.308 e. The monoisotopic (exact) mass is 349 g/mol. The number of nitrogens with one attached hydrogen (secondary N) is 1. The zero-order chi connectivity index (χ0) is 18.1. The van der Waals surface area contributed by atoms with E-state index in [0.717, 1.165) is 5.01 Å². The van der Waals surface area contributed by atoms with Gasteiger partial charge >= 0.3 is 5.97 Å². The Balaban J connectivity index is 1.62. The molecule has 0 aliphatic carbocycles. The third-order valence-corrected chi connectivity index (χ3v) is 4.35.